The lowest BCUT2D eigenvalue weighted by Gasteiger charge is -2.20. The number of nitrogens with one attached hydrogen (secondary N) is 1. The van der Waals surface area contributed by atoms with Gasteiger partial charge in [0.05, 0.1) is 12.7 Å². The number of benzene rings is 1. The van der Waals surface area contributed by atoms with Crippen molar-refractivity contribution in [2.24, 2.45) is 0 Å². The Bertz CT molecular complexity index is 327. The molecule has 0 aliphatic carbocycles. The van der Waals surface area contributed by atoms with E-state index in [1.807, 2.05) is 7.05 Å². The van der Waals surface area contributed by atoms with E-state index in [1.54, 1.807) is 0 Å². The first-order valence-electron chi connectivity index (χ1n) is 6.38. The topological polar surface area (TPSA) is 21.3 Å². The smallest absolute Gasteiger partial charge is 0.0626 e. The molecule has 0 spiro atoms. The number of hydrogen-bond acceptors (Lipinski definition) is 2. The van der Waals surface area contributed by atoms with E-state index in [0.29, 0.717) is 12.1 Å². The summed E-state index contributed by atoms with van der Waals surface area (Å²) in [4.78, 5) is 0. The van der Waals surface area contributed by atoms with Crippen molar-refractivity contribution >= 4 is 0 Å². The molecule has 0 heterocycles. The van der Waals surface area contributed by atoms with Crippen LogP contribution in [0.15, 0.2) is 18.2 Å². The predicted octanol–water partition coefficient (Wildman–Crippen LogP) is 2.86. The molecule has 0 saturated heterocycles. The number of ether oxygens (including phenoxy) is 1. The second-order valence-corrected chi connectivity index (χ2v) is 4.94. The molecular formula is C15H25NO. The Kier molecular flexibility index (Phi) is 5.66. The van der Waals surface area contributed by atoms with Gasteiger partial charge in [-0.05, 0) is 57.9 Å². The molecule has 0 amide bonds. The quantitative estimate of drug-likeness (QED) is 0.818. The molecular weight excluding hydrogens is 210 g/mol. The van der Waals surface area contributed by atoms with Crippen molar-refractivity contribution in [1.82, 2.24) is 5.32 Å². The van der Waals surface area contributed by atoms with Crippen LogP contribution in [0.5, 0.6) is 0 Å². The molecule has 0 fully saturated rings. The van der Waals surface area contributed by atoms with Gasteiger partial charge in [0.25, 0.3) is 0 Å². The third-order valence-corrected chi connectivity index (χ3v) is 3.13. The van der Waals surface area contributed by atoms with Crippen LogP contribution < -0.4 is 5.32 Å². The molecule has 0 radical (unpaired) electrons. The van der Waals surface area contributed by atoms with Crippen molar-refractivity contribution in [3.05, 3.63) is 34.9 Å². The summed E-state index contributed by atoms with van der Waals surface area (Å²) in [5.41, 5.74) is 4.18. The summed E-state index contributed by atoms with van der Waals surface area (Å²) in [5, 5.41) is 3.34. The van der Waals surface area contributed by atoms with Gasteiger partial charge in [0.2, 0.25) is 0 Å². The lowest BCUT2D eigenvalue weighted by molar-refractivity contribution is 0.0627. The largest absolute Gasteiger partial charge is 0.377 e. The van der Waals surface area contributed by atoms with Crippen LogP contribution in [0.1, 0.15) is 30.5 Å². The average Bonchev–Trinajstić information content (AvgIpc) is 2.27. The molecule has 1 atom stereocenters. The van der Waals surface area contributed by atoms with Gasteiger partial charge in [0.1, 0.15) is 0 Å². The normalized spacial score (nSPS) is 13.1. The Balaban J connectivity index is 2.67. The van der Waals surface area contributed by atoms with E-state index >= 15 is 0 Å². The molecule has 1 rings (SSSR count). The van der Waals surface area contributed by atoms with Gasteiger partial charge in [-0.25, -0.2) is 0 Å². The van der Waals surface area contributed by atoms with Gasteiger partial charge in [-0.2, -0.15) is 0 Å². The van der Waals surface area contributed by atoms with E-state index in [4.69, 9.17) is 4.74 Å². The van der Waals surface area contributed by atoms with Gasteiger partial charge in [-0.3, -0.25) is 0 Å². The zero-order chi connectivity index (χ0) is 12.8. The zero-order valence-corrected chi connectivity index (χ0v) is 11.7. The van der Waals surface area contributed by atoms with Crippen molar-refractivity contribution in [1.29, 1.82) is 0 Å². The molecule has 2 nitrogen and oxygen atoms in total. The van der Waals surface area contributed by atoms with Crippen LogP contribution in [0.25, 0.3) is 0 Å². The summed E-state index contributed by atoms with van der Waals surface area (Å²) in [7, 11) is 2.00. The lowest BCUT2D eigenvalue weighted by atomic mass is 9.97. The summed E-state index contributed by atoms with van der Waals surface area (Å²) in [6.07, 6.45) is 1.32. The van der Waals surface area contributed by atoms with Crippen LogP contribution in [0, 0.1) is 13.8 Å². The van der Waals surface area contributed by atoms with Gasteiger partial charge in [0, 0.05) is 6.04 Å². The number of rotatable bonds is 6. The average molecular weight is 235 g/mol. The van der Waals surface area contributed by atoms with Gasteiger partial charge in [0.15, 0.2) is 0 Å². The first-order valence-corrected chi connectivity index (χ1v) is 6.38. The zero-order valence-electron chi connectivity index (χ0n) is 11.7. The molecule has 96 valence electrons. The lowest BCUT2D eigenvalue weighted by Crippen LogP contribution is -2.34. The van der Waals surface area contributed by atoms with E-state index in [0.717, 1.165) is 13.0 Å². The highest BCUT2D eigenvalue weighted by Gasteiger charge is 2.11. The summed E-state index contributed by atoms with van der Waals surface area (Å²) in [5.74, 6) is 0. The Hall–Kier alpha value is -0.860. The standard InChI is InChI=1S/C15H25NO/c1-11(2)17-10-14(16-5)9-15-12(3)7-6-8-13(15)4/h6-8,11,14,16H,9-10H2,1-5H3. The van der Waals surface area contributed by atoms with Crippen molar-refractivity contribution < 1.29 is 4.74 Å². The fraction of sp³-hybridized carbons (Fsp3) is 0.600. The van der Waals surface area contributed by atoms with Gasteiger partial charge < -0.3 is 10.1 Å². The van der Waals surface area contributed by atoms with Gasteiger partial charge in [-0.15, -0.1) is 0 Å². The molecule has 0 aliphatic heterocycles. The minimum absolute atomic E-state index is 0.295. The Labute approximate surface area is 105 Å². The SMILES string of the molecule is CNC(COC(C)C)Cc1c(C)cccc1C. The van der Waals surface area contributed by atoms with Crippen molar-refractivity contribution in [3.8, 4) is 0 Å². The molecule has 0 bridgehead atoms. The second kappa shape index (κ2) is 6.77. The second-order valence-electron chi connectivity index (χ2n) is 4.94. The van der Waals surface area contributed by atoms with Crippen LogP contribution in [0.3, 0.4) is 0 Å². The molecule has 1 aromatic rings. The molecule has 0 aliphatic rings. The van der Waals surface area contributed by atoms with E-state index in [1.165, 1.54) is 16.7 Å². The Morgan fingerprint density at radius 1 is 1.18 bits per heavy atom. The summed E-state index contributed by atoms with van der Waals surface area (Å²) >= 11 is 0. The molecule has 0 saturated carbocycles. The van der Waals surface area contributed by atoms with E-state index in [-0.39, 0.29) is 0 Å². The maximum absolute atomic E-state index is 5.68. The van der Waals surface area contributed by atoms with E-state index in [2.05, 4.69) is 51.2 Å². The summed E-state index contributed by atoms with van der Waals surface area (Å²) < 4.78 is 5.68. The number of hydrogen-bond donors (Lipinski definition) is 1. The number of aryl methyl sites for hydroxylation is 2. The van der Waals surface area contributed by atoms with Crippen molar-refractivity contribution in [2.75, 3.05) is 13.7 Å². The van der Waals surface area contributed by atoms with Gasteiger partial charge >= 0.3 is 0 Å². The molecule has 1 unspecified atom stereocenters. The van der Waals surface area contributed by atoms with Crippen molar-refractivity contribution in [2.45, 2.75) is 46.3 Å². The van der Waals surface area contributed by atoms with Crippen LogP contribution >= 0.6 is 0 Å². The Morgan fingerprint density at radius 3 is 2.24 bits per heavy atom. The first kappa shape index (κ1) is 14.2. The Morgan fingerprint density at radius 2 is 1.76 bits per heavy atom. The fourth-order valence-electron chi connectivity index (χ4n) is 1.97. The number of likely N-dealkylation sites (N-methyl/N-ethyl adjacent to an activating group) is 1. The molecule has 17 heavy (non-hydrogen) atoms. The van der Waals surface area contributed by atoms with E-state index < -0.39 is 0 Å². The third kappa shape index (κ3) is 4.49. The molecule has 1 N–H and O–H groups in total. The highest BCUT2D eigenvalue weighted by molar-refractivity contribution is 5.34. The maximum atomic E-state index is 5.68. The minimum atomic E-state index is 0.295. The molecule has 0 aromatic heterocycles. The highest BCUT2D eigenvalue weighted by atomic mass is 16.5. The third-order valence-electron chi connectivity index (χ3n) is 3.13. The summed E-state index contributed by atoms with van der Waals surface area (Å²) in [6.45, 7) is 9.27. The first-order chi connectivity index (χ1) is 8.04. The van der Waals surface area contributed by atoms with Gasteiger partial charge in [-0.1, -0.05) is 18.2 Å². The van der Waals surface area contributed by atoms with Crippen molar-refractivity contribution in [3.63, 3.8) is 0 Å². The fourth-order valence-corrected chi connectivity index (χ4v) is 1.97. The maximum Gasteiger partial charge on any atom is 0.0626 e. The van der Waals surface area contributed by atoms with Crippen LogP contribution in [-0.4, -0.2) is 25.8 Å². The summed E-state index contributed by atoms with van der Waals surface area (Å²) in [6, 6.07) is 6.86. The molecule has 2 heteroatoms. The van der Waals surface area contributed by atoms with Crippen LogP contribution in [0.4, 0.5) is 0 Å². The highest BCUT2D eigenvalue weighted by Crippen LogP contribution is 2.15. The van der Waals surface area contributed by atoms with E-state index in [9.17, 15) is 0 Å². The monoisotopic (exact) mass is 235 g/mol. The minimum Gasteiger partial charge on any atom is -0.377 e. The van der Waals surface area contributed by atoms with Crippen LogP contribution in [0.2, 0.25) is 0 Å². The van der Waals surface area contributed by atoms with Crippen LogP contribution in [-0.2, 0) is 11.2 Å². The molecule has 1 aromatic carbocycles. The predicted molar refractivity (Wildman–Crippen MR) is 73.6 cm³/mol.